The van der Waals surface area contributed by atoms with Gasteiger partial charge in [0.25, 0.3) is 11.8 Å². The molecule has 1 atom stereocenters. The van der Waals surface area contributed by atoms with Gasteiger partial charge in [-0.25, -0.2) is 4.39 Å². The highest BCUT2D eigenvalue weighted by atomic mass is 35.5. The highest BCUT2D eigenvalue weighted by Crippen LogP contribution is 2.60. The van der Waals surface area contributed by atoms with Crippen LogP contribution < -0.4 is 25.4 Å². The van der Waals surface area contributed by atoms with Crippen molar-refractivity contribution < 1.29 is 23.5 Å². The fourth-order valence-corrected chi connectivity index (χ4v) is 4.82. The second-order valence-electron chi connectivity index (χ2n) is 8.48. The van der Waals surface area contributed by atoms with Gasteiger partial charge >= 0.3 is 0 Å². The highest BCUT2D eigenvalue weighted by Gasteiger charge is 2.69. The van der Waals surface area contributed by atoms with Crippen LogP contribution in [0.25, 0.3) is 0 Å². The number of carbonyl (C=O) groups excluding carboxylic acids is 2. The molecular formula is C22H21ClFN3O4. The molecule has 9 heteroatoms. The molecule has 4 aliphatic rings. The van der Waals surface area contributed by atoms with Crippen LogP contribution in [0, 0.1) is 5.82 Å². The Kier molecular flexibility index (Phi) is 4.69. The van der Waals surface area contributed by atoms with E-state index >= 15 is 0 Å². The molecular weight excluding hydrogens is 425 g/mol. The number of hydrogen-bond donors (Lipinski definition) is 3. The minimum absolute atomic E-state index is 0.00312. The number of para-hydroxylation sites is 2. The van der Waals surface area contributed by atoms with Crippen LogP contribution in [0.5, 0.6) is 11.5 Å². The van der Waals surface area contributed by atoms with Gasteiger partial charge in [-0.15, -0.1) is 0 Å². The van der Waals surface area contributed by atoms with Gasteiger partial charge in [0, 0.05) is 17.1 Å². The number of nitrogens with one attached hydrogen (secondary N) is 3. The average Bonchev–Trinajstić information content (AvgIpc) is 2.71. The van der Waals surface area contributed by atoms with E-state index in [1.807, 2.05) is 24.3 Å². The summed E-state index contributed by atoms with van der Waals surface area (Å²) in [5.74, 6) is -0.143. The Morgan fingerprint density at radius 2 is 1.90 bits per heavy atom. The van der Waals surface area contributed by atoms with E-state index in [-0.39, 0.29) is 40.3 Å². The third-order valence-electron chi connectivity index (χ3n) is 6.01. The molecule has 1 aliphatic heterocycles. The van der Waals surface area contributed by atoms with Gasteiger partial charge in [-0.05, 0) is 43.5 Å². The number of halogens is 2. The topological polar surface area (TPSA) is 88.7 Å². The lowest BCUT2D eigenvalue weighted by Gasteiger charge is -2.70. The van der Waals surface area contributed by atoms with E-state index in [2.05, 4.69) is 16.0 Å². The Morgan fingerprint density at radius 1 is 1.16 bits per heavy atom. The largest absolute Gasteiger partial charge is 0.484 e. The fourth-order valence-electron chi connectivity index (χ4n) is 4.70. The number of anilines is 1. The Bertz CT molecular complexity index is 1040. The van der Waals surface area contributed by atoms with Crippen LogP contribution in [0.1, 0.15) is 19.3 Å². The van der Waals surface area contributed by atoms with E-state index in [1.54, 1.807) is 0 Å². The number of benzene rings is 2. The highest BCUT2D eigenvalue weighted by molar-refractivity contribution is 6.30. The second kappa shape index (κ2) is 7.30. The minimum Gasteiger partial charge on any atom is -0.484 e. The van der Waals surface area contributed by atoms with Gasteiger partial charge in [0.2, 0.25) is 0 Å². The van der Waals surface area contributed by atoms with Crippen molar-refractivity contribution in [2.75, 3.05) is 18.5 Å². The SMILES string of the molecule is O=C(COc1ccc(Cl)c(F)c1)NC12CC(NC(=O)[C@@H]3CNc4ccccc4O3)(C1)C2. The van der Waals surface area contributed by atoms with Crippen LogP contribution in [0.3, 0.4) is 0 Å². The Balaban J connectivity index is 1.08. The summed E-state index contributed by atoms with van der Waals surface area (Å²) in [4.78, 5) is 24.9. The molecule has 31 heavy (non-hydrogen) atoms. The van der Waals surface area contributed by atoms with Crippen molar-refractivity contribution in [3.8, 4) is 11.5 Å². The molecule has 0 radical (unpaired) electrons. The van der Waals surface area contributed by atoms with E-state index < -0.39 is 11.9 Å². The zero-order valence-corrected chi connectivity index (χ0v) is 17.3. The van der Waals surface area contributed by atoms with Gasteiger partial charge in [0.05, 0.1) is 17.3 Å². The molecule has 0 saturated heterocycles. The predicted octanol–water partition coefficient (Wildman–Crippen LogP) is 2.64. The smallest absolute Gasteiger partial charge is 0.263 e. The van der Waals surface area contributed by atoms with Crippen molar-refractivity contribution in [2.45, 2.75) is 36.4 Å². The molecule has 7 nitrogen and oxygen atoms in total. The molecule has 3 fully saturated rings. The second-order valence-corrected chi connectivity index (χ2v) is 8.88. The molecule has 2 amide bonds. The van der Waals surface area contributed by atoms with Crippen LogP contribution in [0.4, 0.5) is 10.1 Å². The fraction of sp³-hybridized carbons (Fsp3) is 0.364. The quantitative estimate of drug-likeness (QED) is 0.636. The molecule has 2 bridgehead atoms. The first-order valence-electron chi connectivity index (χ1n) is 10.1. The first-order valence-corrected chi connectivity index (χ1v) is 10.4. The summed E-state index contributed by atoms with van der Waals surface area (Å²) in [6.45, 7) is 0.187. The number of carbonyl (C=O) groups is 2. The summed E-state index contributed by atoms with van der Waals surface area (Å²) in [6.07, 6.45) is 1.42. The molecule has 3 saturated carbocycles. The predicted molar refractivity (Wildman–Crippen MR) is 112 cm³/mol. The number of amides is 2. The van der Waals surface area contributed by atoms with Crippen molar-refractivity contribution in [1.82, 2.24) is 10.6 Å². The molecule has 2 aromatic carbocycles. The van der Waals surface area contributed by atoms with Crippen LogP contribution >= 0.6 is 11.6 Å². The Morgan fingerprint density at radius 3 is 2.68 bits per heavy atom. The maximum Gasteiger partial charge on any atom is 0.263 e. The molecule has 2 aromatic rings. The zero-order valence-electron chi connectivity index (χ0n) is 16.5. The molecule has 0 unspecified atom stereocenters. The lowest BCUT2D eigenvalue weighted by atomic mass is 9.44. The Hall–Kier alpha value is -3.00. The first-order chi connectivity index (χ1) is 14.9. The molecule has 0 spiro atoms. The van der Waals surface area contributed by atoms with E-state index in [0.717, 1.165) is 11.8 Å². The van der Waals surface area contributed by atoms with Crippen molar-refractivity contribution in [2.24, 2.45) is 0 Å². The van der Waals surface area contributed by atoms with E-state index in [9.17, 15) is 14.0 Å². The van der Waals surface area contributed by atoms with Gasteiger partial charge in [0.15, 0.2) is 12.7 Å². The van der Waals surface area contributed by atoms with Gasteiger partial charge in [0.1, 0.15) is 17.3 Å². The lowest BCUT2D eigenvalue weighted by Crippen LogP contribution is -2.84. The molecule has 162 valence electrons. The van der Waals surface area contributed by atoms with Gasteiger partial charge in [-0.3, -0.25) is 9.59 Å². The normalized spacial score (nSPS) is 27.4. The maximum absolute atomic E-state index is 13.4. The van der Waals surface area contributed by atoms with Gasteiger partial charge in [-0.2, -0.15) is 0 Å². The van der Waals surface area contributed by atoms with Gasteiger partial charge < -0.3 is 25.4 Å². The third-order valence-corrected chi connectivity index (χ3v) is 6.32. The van der Waals surface area contributed by atoms with E-state index in [1.165, 1.54) is 12.1 Å². The molecule has 0 aromatic heterocycles. The monoisotopic (exact) mass is 445 g/mol. The van der Waals surface area contributed by atoms with Crippen molar-refractivity contribution in [3.05, 3.63) is 53.3 Å². The summed E-state index contributed by atoms with van der Waals surface area (Å²) in [5, 5.41) is 9.26. The van der Waals surface area contributed by atoms with E-state index in [4.69, 9.17) is 21.1 Å². The van der Waals surface area contributed by atoms with Crippen LogP contribution in [0.15, 0.2) is 42.5 Å². The maximum atomic E-state index is 13.4. The Labute approximate surface area is 183 Å². The molecule has 3 aliphatic carbocycles. The minimum atomic E-state index is -0.600. The first kappa shape index (κ1) is 19.9. The standard InChI is InChI=1S/C22H21ClFN3O4/c23-14-6-5-13(7-15(14)24)30-9-19(28)26-21-10-22(11-21,12-21)27-20(29)18-8-25-16-3-1-2-4-17(16)31-18/h1-7,18,25H,8-12H2,(H,26,28)(H,27,29)/t18-,21?,22?/m0/s1. The average molecular weight is 446 g/mol. The van der Waals surface area contributed by atoms with Gasteiger partial charge in [-0.1, -0.05) is 23.7 Å². The van der Waals surface area contributed by atoms with E-state index in [0.29, 0.717) is 31.6 Å². The van der Waals surface area contributed by atoms with Crippen molar-refractivity contribution in [3.63, 3.8) is 0 Å². The summed E-state index contributed by atoms with van der Waals surface area (Å²) in [5.41, 5.74) is 0.282. The van der Waals surface area contributed by atoms with Crippen LogP contribution in [0.2, 0.25) is 5.02 Å². The number of ether oxygens (including phenoxy) is 2. The third kappa shape index (κ3) is 3.76. The van der Waals surface area contributed by atoms with Crippen LogP contribution in [-0.4, -0.2) is 42.1 Å². The van der Waals surface area contributed by atoms with Crippen molar-refractivity contribution in [1.29, 1.82) is 0 Å². The zero-order chi connectivity index (χ0) is 21.6. The molecule has 3 N–H and O–H groups in total. The van der Waals surface area contributed by atoms with Crippen LogP contribution in [-0.2, 0) is 9.59 Å². The number of rotatable bonds is 6. The summed E-state index contributed by atoms with van der Waals surface area (Å²) in [6, 6.07) is 11.5. The number of hydrogen-bond acceptors (Lipinski definition) is 5. The number of fused-ring (bicyclic) bond motifs is 1. The molecule has 6 rings (SSSR count). The molecule has 1 heterocycles. The summed E-state index contributed by atoms with van der Waals surface area (Å²) >= 11 is 5.63. The lowest BCUT2D eigenvalue weighted by molar-refractivity contribution is -0.153. The van der Waals surface area contributed by atoms with Crippen molar-refractivity contribution >= 4 is 29.1 Å². The summed E-state index contributed by atoms with van der Waals surface area (Å²) < 4.78 is 24.6. The summed E-state index contributed by atoms with van der Waals surface area (Å²) in [7, 11) is 0.